The van der Waals surface area contributed by atoms with Crippen molar-refractivity contribution >= 4 is 28.9 Å². The van der Waals surface area contributed by atoms with Crippen LogP contribution in [0.5, 0.6) is 5.75 Å². The van der Waals surface area contributed by atoms with Crippen LogP contribution in [0.25, 0.3) is 5.76 Å². The van der Waals surface area contributed by atoms with Crippen molar-refractivity contribution in [2.75, 3.05) is 25.5 Å². The largest absolute Gasteiger partial charge is 0.508 e. The quantitative estimate of drug-likeness (QED) is 0.313. The summed E-state index contributed by atoms with van der Waals surface area (Å²) in [4.78, 5) is 39.8. The minimum Gasteiger partial charge on any atom is -0.508 e. The maximum Gasteiger partial charge on any atom is 0.255 e. The van der Waals surface area contributed by atoms with E-state index in [1.54, 1.807) is 0 Å². The molecular weight excluding hydrogens is 466 g/mol. The number of aliphatic hydroxyl groups is 3. The third-order valence-electron chi connectivity index (χ3n) is 8.05. The molecule has 10 nitrogen and oxygen atoms in total. The zero-order valence-corrected chi connectivity index (χ0v) is 20.3. The number of ketones is 2. The Bertz CT molecular complexity index is 1260. The van der Waals surface area contributed by atoms with Crippen molar-refractivity contribution in [2.45, 2.75) is 44.2 Å². The van der Waals surface area contributed by atoms with Crippen LogP contribution in [0.1, 0.15) is 42.4 Å². The van der Waals surface area contributed by atoms with Crippen LogP contribution in [0, 0.1) is 17.8 Å². The second kappa shape index (κ2) is 8.35. The number of amides is 1. The topological polar surface area (TPSA) is 173 Å². The van der Waals surface area contributed by atoms with E-state index in [-0.39, 0.29) is 36.1 Å². The van der Waals surface area contributed by atoms with E-state index in [4.69, 9.17) is 5.73 Å². The summed E-state index contributed by atoms with van der Waals surface area (Å²) >= 11 is 0. The fourth-order valence-electron chi connectivity index (χ4n) is 5.99. The molecule has 1 aromatic carbocycles. The van der Waals surface area contributed by atoms with E-state index in [1.165, 1.54) is 12.8 Å². The summed E-state index contributed by atoms with van der Waals surface area (Å²) in [5.74, 6) is -5.53. The molecule has 1 unspecified atom stereocenters. The maximum absolute atomic E-state index is 13.7. The van der Waals surface area contributed by atoms with Crippen molar-refractivity contribution in [1.82, 2.24) is 5.32 Å². The highest BCUT2D eigenvalue weighted by molar-refractivity contribution is 6.22. The molecule has 0 radical (unpaired) electrons. The molecule has 10 heteroatoms. The van der Waals surface area contributed by atoms with Gasteiger partial charge in [-0.2, -0.15) is 0 Å². The molecule has 5 rings (SSSR count). The van der Waals surface area contributed by atoms with Gasteiger partial charge in [0.05, 0.1) is 5.56 Å². The Labute approximate surface area is 208 Å². The Morgan fingerprint density at radius 3 is 2.50 bits per heavy atom. The van der Waals surface area contributed by atoms with E-state index in [0.717, 1.165) is 12.2 Å². The lowest BCUT2D eigenvalue weighted by molar-refractivity contribution is -0.147. The van der Waals surface area contributed by atoms with Crippen molar-refractivity contribution in [3.63, 3.8) is 0 Å². The van der Waals surface area contributed by atoms with Crippen LogP contribution >= 0.6 is 0 Å². The third kappa shape index (κ3) is 3.50. The Kier molecular flexibility index (Phi) is 5.64. The Hall–Kier alpha value is -3.37. The molecule has 0 saturated heterocycles. The second-order valence-electron chi connectivity index (χ2n) is 10.6. The summed E-state index contributed by atoms with van der Waals surface area (Å²) < 4.78 is 0. The summed E-state index contributed by atoms with van der Waals surface area (Å²) in [6.07, 6.45) is 2.42. The first-order valence-corrected chi connectivity index (χ1v) is 12.2. The second-order valence-corrected chi connectivity index (χ2v) is 10.6. The van der Waals surface area contributed by atoms with Crippen molar-refractivity contribution in [3.05, 3.63) is 39.7 Å². The lowest BCUT2D eigenvalue weighted by atomic mass is 9.59. The van der Waals surface area contributed by atoms with Crippen LogP contribution in [0.3, 0.4) is 0 Å². The van der Waals surface area contributed by atoms with E-state index in [0.29, 0.717) is 23.6 Å². The number of primary amides is 1. The highest BCUT2D eigenvalue weighted by atomic mass is 16.3. The summed E-state index contributed by atoms with van der Waals surface area (Å²) in [6.45, 7) is 1.19. The number of carbonyl (C=O) groups is 3. The molecule has 0 spiro atoms. The van der Waals surface area contributed by atoms with Gasteiger partial charge in [0.2, 0.25) is 5.78 Å². The molecule has 2 fully saturated rings. The number of anilines is 1. The number of hydrogen-bond donors (Lipinski definition) is 6. The fourth-order valence-corrected chi connectivity index (χ4v) is 5.99. The summed E-state index contributed by atoms with van der Waals surface area (Å²) in [7, 11) is 3.70. The van der Waals surface area contributed by atoms with Gasteiger partial charge in [-0.25, -0.2) is 0 Å². The number of fused-ring (bicyclic) bond motifs is 3. The van der Waals surface area contributed by atoms with Gasteiger partial charge in [-0.15, -0.1) is 0 Å². The Morgan fingerprint density at radius 2 is 1.89 bits per heavy atom. The highest BCUT2D eigenvalue weighted by Crippen LogP contribution is 2.53. The number of nitrogens with two attached hydrogens (primary N) is 1. The Balaban J connectivity index is 1.63. The molecule has 2 saturated carbocycles. The predicted octanol–water partition coefficient (Wildman–Crippen LogP) is 0.990. The number of rotatable bonds is 6. The number of carbonyl (C=O) groups excluding carboxylic acids is 3. The zero-order valence-electron chi connectivity index (χ0n) is 20.3. The number of nitrogens with one attached hydrogen (secondary N) is 1. The third-order valence-corrected chi connectivity index (χ3v) is 8.05. The molecule has 7 N–H and O–H groups in total. The smallest absolute Gasteiger partial charge is 0.255 e. The molecule has 1 amide bonds. The first kappa shape index (κ1) is 24.3. The summed E-state index contributed by atoms with van der Waals surface area (Å²) in [5.41, 5.74) is 3.88. The molecule has 36 heavy (non-hydrogen) atoms. The van der Waals surface area contributed by atoms with Gasteiger partial charge in [0, 0.05) is 49.8 Å². The molecule has 0 aromatic heterocycles. The monoisotopic (exact) mass is 497 g/mol. The summed E-state index contributed by atoms with van der Waals surface area (Å²) in [6, 6.07) is 1.87. The normalized spacial score (nSPS) is 27.5. The van der Waals surface area contributed by atoms with Crippen LogP contribution in [0.15, 0.2) is 23.0 Å². The standard InChI is InChI=1S/C26H31N3O7/c1-29(2)16-7-13(10-28-9-11-3-4-11)21(31)19-15(16)6-12-5-14-8-17(30)20(25(27)35)24(34)26(14,36)23(33)18(12)22(19)32/h7,11-12,14,28,31-32,34,36H,3-6,8-10H2,1-2H3,(H2,27,35)/t12?,14-,26-/m0/s1. The van der Waals surface area contributed by atoms with E-state index >= 15 is 0 Å². The van der Waals surface area contributed by atoms with Gasteiger partial charge in [0.15, 0.2) is 11.4 Å². The number of phenols is 1. The molecule has 4 aliphatic rings. The average molecular weight is 498 g/mol. The number of hydrogen-bond acceptors (Lipinski definition) is 9. The van der Waals surface area contributed by atoms with Crippen LogP contribution < -0.4 is 16.0 Å². The van der Waals surface area contributed by atoms with Crippen molar-refractivity contribution < 1.29 is 34.8 Å². The molecule has 192 valence electrons. The number of benzene rings is 1. The van der Waals surface area contributed by atoms with Crippen LogP contribution in [0.2, 0.25) is 0 Å². The zero-order chi connectivity index (χ0) is 26.1. The lowest BCUT2D eigenvalue weighted by Gasteiger charge is -2.46. The molecule has 1 aromatic rings. The molecule has 4 aliphatic carbocycles. The van der Waals surface area contributed by atoms with Crippen molar-refractivity contribution in [2.24, 2.45) is 23.5 Å². The predicted molar refractivity (Wildman–Crippen MR) is 130 cm³/mol. The molecular formula is C26H31N3O7. The van der Waals surface area contributed by atoms with E-state index in [1.807, 2.05) is 25.1 Å². The van der Waals surface area contributed by atoms with E-state index in [2.05, 4.69) is 5.32 Å². The van der Waals surface area contributed by atoms with Crippen molar-refractivity contribution in [1.29, 1.82) is 0 Å². The van der Waals surface area contributed by atoms with Crippen LogP contribution in [-0.2, 0) is 27.3 Å². The SMILES string of the molecule is CN(C)c1cc(CNCC2CC2)c(O)c2c1CC1C[C@H]3CC(=O)C(C(N)=O)=C(O)[C@@]3(O)C(=O)C1=C2O. The number of aromatic hydroxyl groups is 1. The lowest BCUT2D eigenvalue weighted by Crippen LogP contribution is -2.58. The first-order valence-electron chi connectivity index (χ1n) is 12.2. The van der Waals surface area contributed by atoms with Crippen LogP contribution in [-0.4, -0.2) is 64.1 Å². The molecule has 3 atom stereocenters. The van der Waals surface area contributed by atoms with Gasteiger partial charge in [-0.3, -0.25) is 14.4 Å². The van der Waals surface area contributed by atoms with Crippen LogP contribution in [0.4, 0.5) is 5.69 Å². The highest BCUT2D eigenvalue weighted by Gasteiger charge is 2.60. The van der Waals surface area contributed by atoms with Crippen molar-refractivity contribution in [3.8, 4) is 5.75 Å². The van der Waals surface area contributed by atoms with Gasteiger partial charge in [-0.05, 0) is 55.7 Å². The first-order chi connectivity index (χ1) is 17.0. The van der Waals surface area contributed by atoms with Gasteiger partial charge < -0.3 is 36.4 Å². The molecule has 0 aliphatic heterocycles. The van der Waals surface area contributed by atoms with Gasteiger partial charge in [0.1, 0.15) is 22.8 Å². The number of phenolic OH excluding ortho intramolecular Hbond substituents is 1. The van der Waals surface area contributed by atoms with E-state index < -0.39 is 52.0 Å². The number of aliphatic hydroxyl groups excluding tert-OH is 2. The average Bonchev–Trinajstić information content (AvgIpc) is 3.61. The molecule has 0 heterocycles. The number of Topliss-reactive ketones (excluding diaryl/α,β-unsaturated/α-hetero) is 2. The summed E-state index contributed by atoms with van der Waals surface area (Å²) in [5, 5.41) is 47.9. The van der Waals surface area contributed by atoms with Gasteiger partial charge in [-0.1, -0.05) is 0 Å². The number of nitrogens with zero attached hydrogens (tertiary/aromatic N) is 1. The Morgan fingerprint density at radius 1 is 1.19 bits per heavy atom. The van der Waals surface area contributed by atoms with Gasteiger partial charge >= 0.3 is 0 Å². The minimum atomic E-state index is -2.56. The fraction of sp³-hybridized carbons (Fsp3) is 0.500. The van der Waals surface area contributed by atoms with E-state index in [9.17, 15) is 34.8 Å². The molecule has 0 bridgehead atoms. The van der Waals surface area contributed by atoms with Gasteiger partial charge in [0.25, 0.3) is 5.91 Å². The minimum absolute atomic E-state index is 0.112. The maximum atomic E-state index is 13.7.